The molecule has 0 aromatic rings. The van der Waals surface area contributed by atoms with Crippen LogP contribution < -0.4 is 5.73 Å². The number of nitrogens with two attached hydrogens (primary N) is 1. The first-order chi connectivity index (χ1) is 7.40. The molecule has 1 unspecified atom stereocenters. The summed E-state index contributed by atoms with van der Waals surface area (Å²) in [6, 6.07) is 0.194. The van der Waals surface area contributed by atoms with Crippen molar-refractivity contribution in [1.29, 1.82) is 0 Å². The number of hydrogen-bond acceptors (Lipinski definition) is 3. The molecular weight excluding hydrogens is 204 g/mol. The van der Waals surface area contributed by atoms with Gasteiger partial charge in [-0.15, -0.1) is 0 Å². The SMILES string of the molecule is CC(C)(C)OC(=O)N1CC2CC(C2)C1CN. The van der Waals surface area contributed by atoms with Gasteiger partial charge in [-0.25, -0.2) is 4.79 Å². The highest BCUT2D eigenvalue weighted by molar-refractivity contribution is 5.69. The second-order valence-corrected chi connectivity index (χ2v) is 6.03. The van der Waals surface area contributed by atoms with Crippen molar-refractivity contribution in [2.24, 2.45) is 17.6 Å². The van der Waals surface area contributed by atoms with Crippen molar-refractivity contribution < 1.29 is 9.53 Å². The molecule has 4 nitrogen and oxygen atoms in total. The minimum Gasteiger partial charge on any atom is -0.444 e. The fourth-order valence-electron chi connectivity index (χ4n) is 2.77. The topological polar surface area (TPSA) is 55.6 Å². The van der Waals surface area contributed by atoms with Crippen molar-refractivity contribution in [3.8, 4) is 0 Å². The van der Waals surface area contributed by atoms with Crippen molar-refractivity contribution in [1.82, 2.24) is 4.90 Å². The predicted molar refractivity (Wildman–Crippen MR) is 62.0 cm³/mol. The van der Waals surface area contributed by atoms with Crippen molar-refractivity contribution >= 4 is 6.09 Å². The molecule has 3 rings (SSSR count). The monoisotopic (exact) mass is 226 g/mol. The average Bonchev–Trinajstić information content (AvgIpc) is 2.12. The fourth-order valence-corrected chi connectivity index (χ4v) is 2.77. The Balaban J connectivity index is 2.00. The van der Waals surface area contributed by atoms with E-state index in [1.165, 1.54) is 12.8 Å². The lowest BCUT2D eigenvalue weighted by atomic mass is 9.67. The molecule has 2 aliphatic heterocycles. The van der Waals surface area contributed by atoms with E-state index in [1.807, 2.05) is 25.7 Å². The summed E-state index contributed by atoms with van der Waals surface area (Å²) < 4.78 is 5.41. The number of ether oxygens (including phenoxy) is 1. The van der Waals surface area contributed by atoms with E-state index in [-0.39, 0.29) is 12.1 Å². The predicted octanol–water partition coefficient (Wildman–Crippen LogP) is 1.59. The second kappa shape index (κ2) is 3.91. The fraction of sp³-hybridized carbons (Fsp3) is 0.917. The minimum atomic E-state index is -0.419. The van der Waals surface area contributed by atoms with Crippen molar-refractivity contribution in [3.63, 3.8) is 0 Å². The maximum absolute atomic E-state index is 12.0. The van der Waals surface area contributed by atoms with Crippen LogP contribution in [0.3, 0.4) is 0 Å². The lowest BCUT2D eigenvalue weighted by Crippen LogP contribution is -2.60. The van der Waals surface area contributed by atoms with Gasteiger partial charge < -0.3 is 15.4 Å². The van der Waals surface area contributed by atoms with E-state index >= 15 is 0 Å². The van der Waals surface area contributed by atoms with Crippen LogP contribution in [0, 0.1) is 11.8 Å². The van der Waals surface area contributed by atoms with Gasteiger partial charge in [0.1, 0.15) is 5.60 Å². The Morgan fingerprint density at radius 3 is 2.56 bits per heavy atom. The third-order valence-electron chi connectivity index (χ3n) is 3.54. The summed E-state index contributed by atoms with van der Waals surface area (Å²) in [5, 5.41) is 0. The van der Waals surface area contributed by atoms with Crippen LogP contribution in [0.4, 0.5) is 4.79 Å². The van der Waals surface area contributed by atoms with Crippen LogP contribution in [0.25, 0.3) is 0 Å². The van der Waals surface area contributed by atoms with E-state index in [0.717, 1.165) is 6.54 Å². The number of fused-ring (bicyclic) bond motifs is 2. The zero-order valence-corrected chi connectivity index (χ0v) is 10.4. The second-order valence-electron chi connectivity index (χ2n) is 6.03. The first-order valence-corrected chi connectivity index (χ1v) is 6.10. The summed E-state index contributed by atoms with van der Waals surface area (Å²) in [6.07, 6.45) is 2.28. The highest BCUT2D eigenvalue weighted by atomic mass is 16.6. The van der Waals surface area contributed by atoms with Gasteiger partial charge in [0.25, 0.3) is 0 Å². The Hall–Kier alpha value is -0.770. The molecule has 4 heteroatoms. The molecule has 0 spiro atoms. The van der Waals surface area contributed by atoms with Crippen molar-refractivity contribution in [2.75, 3.05) is 13.1 Å². The van der Waals surface area contributed by atoms with Crippen LogP contribution in [0.1, 0.15) is 33.6 Å². The van der Waals surface area contributed by atoms with E-state index in [0.29, 0.717) is 18.4 Å². The zero-order chi connectivity index (χ0) is 11.9. The molecule has 0 radical (unpaired) electrons. The number of carbonyl (C=O) groups excluding carboxylic acids is 1. The molecule has 3 fully saturated rings. The van der Waals surface area contributed by atoms with Gasteiger partial charge in [0.05, 0.1) is 6.04 Å². The van der Waals surface area contributed by atoms with Crippen LogP contribution in [-0.4, -0.2) is 35.7 Å². The quantitative estimate of drug-likeness (QED) is 0.738. The van der Waals surface area contributed by atoms with E-state index in [9.17, 15) is 4.79 Å². The summed E-state index contributed by atoms with van der Waals surface area (Å²) in [4.78, 5) is 13.8. The van der Waals surface area contributed by atoms with Gasteiger partial charge in [0.2, 0.25) is 0 Å². The Labute approximate surface area is 97.1 Å². The highest BCUT2D eigenvalue weighted by Gasteiger charge is 2.46. The minimum absolute atomic E-state index is 0.194. The summed E-state index contributed by atoms with van der Waals surface area (Å²) in [6.45, 7) is 7.07. The molecule has 2 N–H and O–H groups in total. The van der Waals surface area contributed by atoms with Gasteiger partial charge in [0.15, 0.2) is 0 Å². The first-order valence-electron chi connectivity index (χ1n) is 6.10. The molecule has 1 saturated carbocycles. The molecule has 1 amide bonds. The van der Waals surface area contributed by atoms with Gasteiger partial charge in [-0.2, -0.15) is 0 Å². The lowest BCUT2D eigenvalue weighted by molar-refractivity contribution is -0.0458. The normalized spacial score (nSPS) is 33.2. The van der Waals surface area contributed by atoms with Crippen LogP contribution >= 0.6 is 0 Å². The van der Waals surface area contributed by atoms with Crippen LogP contribution in [0.2, 0.25) is 0 Å². The van der Waals surface area contributed by atoms with E-state index in [4.69, 9.17) is 10.5 Å². The van der Waals surface area contributed by atoms with Crippen molar-refractivity contribution in [2.45, 2.75) is 45.3 Å². The maximum Gasteiger partial charge on any atom is 0.410 e. The number of piperidine rings is 2. The summed E-state index contributed by atoms with van der Waals surface area (Å²) in [5.41, 5.74) is 5.34. The third-order valence-corrected chi connectivity index (χ3v) is 3.54. The Morgan fingerprint density at radius 2 is 2.06 bits per heavy atom. The zero-order valence-electron chi connectivity index (χ0n) is 10.4. The summed E-state index contributed by atoms with van der Waals surface area (Å²) in [5.74, 6) is 1.29. The number of nitrogens with zero attached hydrogens (tertiary/aromatic N) is 1. The maximum atomic E-state index is 12.0. The van der Waals surface area contributed by atoms with Crippen molar-refractivity contribution in [3.05, 3.63) is 0 Å². The van der Waals surface area contributed by atoms with Crippen LogP contribution in [-0.2, 0) is 4.74 Å². The number of hydrogen-bond donors (Lipinski definition) is 1. The standard InChI is InChI=1S/C12H22N2O2/c1-12(2,3)16-11(15)14-7-8-4-9(5-8)10(14)6-13/h8-10H,4-7,13H2,1-3H3. The molecule has 16 heavy (non-hydrogen) atoms. The molecule has 3 aliphatic rings. The molecule has 2 heterocycles. The number of carbonyl (C=O) groups is 1. The molecular formula is C12H22N2O2. The van der Waals surface area contributed by atoms with E-state index < -0.39 is 5.60 Å². The molecule has 1 atom stereocenters. The molecule has 0 aromatic carbocycles. The number of amides is 1. The first kappa shape index (κ1) is 11.7. The van der Waals surface area contributed by atoms with Crippen LogP contribution in [0.5, 0.6) is 0 Å². The van der Waals surface area contributed by atoms with E-state index in [1.54, 1.807) is 0 Å². The molecule has 2 saturated heterocycles. The Bertz CT molecular complexity index is 279. The van der Waals surface area contributed by atoms with Gasteiger partial charge in [0, 0.05) is 13.1 Å². The lowest BCUT2D eigenvalue weighted by Gasteiger charge is -2.52. The summed E-state index contributed by atoms with van der Waals surface area (Å²) in [7, 11) is 0. The Kier molecular flexibility index (Phi) is 2.86. The largest absolute Gasteiger partial charge is 0.444 e. The third kappa shape index (κ3) is 2.17. The molecule has 0 aromatic heterocycles. The van der Waals surface area contributed by atoms with Gasteiger partial charge >= 0.3 is 6.09 Å². The van der Waals surface area contributed by atoms with E-state index in [2.05, 4.69) is 0 Å². The smallest absolute Gasteiger partial charge is 0.410 e. The van der Waals surface area contributed by atoms with Crippen LogP contribution in [0.15, 0.2) is 0 Å². The molecule has 92 valence electrons. The molecule has 2 bridgehead atoms. The number of rotatable bonds is 1. The molecule has 1 aliphatic carbocycles. The van der Waals surface area contributed by atoms with Gasteiger partial charge in [-0.05, 0) is 45.4 Å². The Morgan fingerprint density at radius 1 is 1.44 bits per heavy atom. The van der Waals surface area contributed by atoms with Gasteiger partial charge in [-0.3, -0.25) is 0 Å². The average molecular weight is 226 g/mol. The summed E-state index contributed by atoms with van der Waals surface area (Å²) >= 11 is 0. The highest BCUT2D eigenvalue weighted by Crippen LogP contribution is 2.43. The van der Waals surface area contributed by atoms with Gasteiger partial charge in [-0.1, -0.05) is 0 Å².